The first kappa shape index (κ1) is 15.1. The van der Waals surface area contributed by atoms with E-state index in [-0.39, 0.29) is 17.4 Å². The van der Waals surface area contributed by atoms with E-state index in [4.69, 9.17) is 5.11 Å². The second kappa shape index (κ2) is 7.51. The van der Waals surface area contributed by atoms with Gasteiger partial charge in [-0.25, -0.2) is 9.78 Å². The van der Waals surface area contributed by atoms with Gasteiger partial charge in [0, 0.05) is 12.1 Å². The number of aromatic nitrogens is 1. The average molecular weight is 264 g/mol. The number of pyridine rings is 1. The molecule has 0 saturated carbocycles. The maximum atomic E-state index is 12.1. The lowest BCUT2D eigenvalue weighted by molar-refractivity contribution is -0.120. The van der Waals surface area contributed by atoms with E-state index in [9.17, 15) is 9.59 Å². The van der Waals surface area contributed by atoms with Crippen molar-refractivity contribution < 1.29 is 14.7 Å². The molecule has 0 aromatic carbocycles. The maximum Gasteiger partial charge on any atom is 0.335 e. The summed E-state index contributed by atoms with van der Waals surface area (Å²) in [5.74, 6) is -0.859. The fourth-order valence-electron chi connectivity index (χ4n) is 1.96. The van der Waals surface area contributed by atoms with Gasteiger partial charge in [-0.1, -0.05) is 26.7 Å². The number of carbonyl (C=O) groups is 2. The number of amides is 1. The number of aromatic carboxylic acids is 1. The highest BCUT2D eigenvalue weighted by Crippen LogP contribution is 2.16. The molecule has 104 valence electrons. The monoisotopic (exact) mass is 264 g/mol. The Morgan fingerprint density at radius 2 is 1.95 bits per heavy atom. The smallest absolute Gasteiger partial charge is 0.335 e. The van der Waals surface area contributed by atoms with Crippen LogP contribution in [0.2, 0.25) is 0 Å². The molecule has 5 heteroatoms. The van der Waals surface area contributed by atoms with Crippen LogP contribution in [0.25, 0.3) is 0 Å². The van der Waals surface area contributed by atoms with Crippen LogP contribution >= 0.6 is 0 Å². The Hall–Kier alpha value is -1.91. The van der Waals surface area contributed by atoms with E-state index in [2.05, 4.69) is 10.3 Å². The first-order valence-electron chi connectivity index (χ1n) is 6.58. The molecule has 2 N–H and O–H groups in total. The van der Waals surface area contributed by atoms with Crippen molar-refractivity contribution in [1.82, 2.24) is 4.98 Å². The zero-order valence-electron chi connectivity index (χ0n) is 11.3. The van der Waals surface area contributed by atoms with Gasteiger partial charge in [0.15, 0.2) is 0 Å². The fourth-order valence-corrected chi connectivity index (χ4v) is 1.96. The fraction of sp³-hybridized carbons (Fsp3) is 0.500. The van der Waals surface area contributed by atoms with Crippen LogP contribution in [0.5, 0.6) is 0 Å². The molecular formula is C14H20N2O3. The van der Waals surface area contributed by atoms with Crippen LogP contribution < -0.4 is 5.32 Å². The molecular weight excluding hydrogens is 244 g/mol. The van der Waals surface area contributed by atoms with Crippen molar-refractivity contribution in [3.63, 3.8) is 0 Å². The van der Waals surface area contributed by atoms with Crippen molar-refractivity contribution in [3.8, 4) is 0 Å². The predicted octanol–water partition coefficient (Wildman–Crippen LogP) is 2.93. The molecule has 0 aliphatic rings. The summed E-state index contributed by atoms with van der Waals surface area (Å²) >= 11 is 0. The van der Waals surface area contributed by atoms with Crippen molar-refractivity contribution in [2.75, 3.05) is 5.32 Å². The van der Waals surface area contributed by atoms with Crippen molar-refractivity contribution in [2.24, 2.45) is 5.92 Å². The summed E-state index contributed by atoms with van der Waals surface area (Å²) < 4.78 is 0. The molecule has 1 aromatic rings. The lowest BCUT2D eigenvalue weighted by atomic mass is 9.97. The van der Waals surface area contributed by atoms with E-state index in [0.717, 1.165) is 25.7 Å². The van der Waals surface area contributed by atoms with Crippen molar-refractivity contribution in [3.05, 3.63) is 23.9 Å². The second-order valence-electron chi connectivity index (χ2n) is 4.50. The molecule has 19 heavy (non-hydrogen) atoms. The minimum atomic E-state index is -1.03. The summed E-state index contributed by atoms with van der Waals surface area (Å²) in [5, 5.41) is 11.6. The summed E-state index contributed by atoms with van der Waals surface area (Å²) in [7, 11) is 0. The Bertz CT molecular complexity index is 440. The molecule has 1 amide bonds. The van der Waals surface area contributed by atoms with Crippen LogP contribution in [0.1, 0.15) is 49.9 Å². The number of hydrogen-bond donors (Lipinski definition) is 2. The van der Waals surface area contributed by atoms with Crippen LogP contribution in [0, 0.1) is 5.92 Å². The van der Waals surface area contributed by atoms with Crippen molar-refractivity contribution in [1.29, 1.82) is 0 Å². The minimum Gasteiger partial charge on any atom is -0.478 e. The van der Waals surface area contributed by atoms with Crippen LogP contribution in [-0.2, 0) is 4.79 Å². The molecule has 0 bridgehead atoms. The van der Waals surface area contributed by atoms with Gasteiger partial charge in [-0.3, -0.25) is 4.79 Å². The highest BCUT2D eigenvalue weighted by Gasteiger charge is 2.17. The van der Waals surface area contributed by atoms with Crippen LogP contribution in [0.3, 0.4) is 0 Å². The van der Waals surface area contributed by atoms with Gasteiger partial charge in [-0.2, -0.15) is 0 Å². The molecule has 0 saturated heterocycles. The SMILES string of the molecule is CCCC(CCC)C(=O)Nc1cc(C(=O)O)ccn1. The van der Waals surface area contributed by atoms with E-state index in [1.54, 1.807) is 0 Å². The molecule has 0 spiro atoms. The van der Waals surface area contributed by atoms with Crippen molar-refractivity contribution >= 4 is 17.7 Å². The third-order valence-corrected chi connectivity index (χ3v) is 2.90. The number of carboxylic acid groups (broad SMARTS) is 1. The molecule has 0 atom stereocenters. The van der Waals surface area contributed by atoms with E-state index in [0.29, 0.717) is 5.82 Å². The third kappa shape index (κ3) is 4.69. The predicted molar refractivity (Wildman–Crippen MR) is 73.1 cm³/mol. The molecule has 1 heterocycles. The molecule has 0 unspecified atom stereocenters. The quantitative estimate of drug-likeness (QED) is 0.793. The van der Waals surface area contributed by atoms with Crippen LogP contribution in [0.15, 0.2) is 18.3 Å². The van der Waals surface area contributed by atoms with Gasteiger partial charge in [0.2, 0.25) is 5.91 Å². The highest BCUT2D eigenvalue weighted by molar-refractivity contribution is 5.93. The molecule has 0 radical (unpaired) electrons. The summed E-state index contributed by atoms with van der Waals surface area (Å²) in [6.45, 7) is 4.08. The van der Waals surface area contributed by atoms with Gasteiger partial charge in [0.1, 0.15) is 5.82 Å². The Labute approximate surface area is 113 Å². The topological polar surface area (TPSA) is 79.3 Å². The van der Waals surface area contributed by atoms with Gasteiger partial charge in [0.25, 0.3) is 0 Å². The largest absolute Gasteiger partial charge is 0.478 e. The average Bonchev–Trinajstić information content (AvgIpc) is 2.38. The summed E-state index contributed by atoms with van der Waals surface area (Å²) in [6.07, 6.45) is 4.94. The molecule has 0 fully saturated rings. The Morgan fingerprint density at radius 3 is 2.47 bits per heavy atom. The molecule has 1 aromatic heterocycles. The maximum absolute atomic E-state index is 12.1. The van der Waals surface area contributed by atoms with Gasteiger partial charge in [-0.05, 0) is 25.0 Å². The third-order valence-electron chi connectivity index (χ3n) is 2.90. The number of nitrogens with zero attached hydrogens (tertiary/aromatic N) is 1. The Balaban J connectivity index is 2.74. The van der Waals surface area contributed by atoms with E-state index in [1.165, 1.54) is 18.3 Å². The zero-order valence-corrected chi connectivity index (χ0v) is 11.3. The number of hydrogen-bond acceptors (Lipinski definition) is 3. The van der Waals surface area contributed by atoms with E-state index < -0.39 is 5.97 Å². The molecule has 1 rings (SSSR count). The number of anilines is 1. The van der Waals surface area contributed by atoms with Crippen LogP contribution in [-0.4, -0.2) is 22.0 Å². The minimum absolute atomic E-state index is 0.0368. The van der Waals surface area contributed by atoms with Gasteiger partial charge in [0.05, 0.1) is 5.56 Å². The van der Waals surface area contributed by atoms with E-state index in [1.807, 2.05) is 13.8 Å². The number of carbonyl (C=O) groups excluding carboxylic acids is 1. The lowest BCUT2D eigenvalue weighted by Gasteiger charge is -2.14. The lowest BCUT2D eigenvalue weighted by Crippen LogP contribution is -2.23. The molecule has 0 aliphatic carbocycles. The molecule has 0 aliphatic heterocycles. The number of nitrogens with one attached hydrogen (secondary N) is 1. The van der Waals surface area contributed by atoms with Crippen molar-refractivity contribution in [2.45, 2.75) is 39.5 Å². The number of rotatable bonds is 7. The van der Waals surface area contributed by atoms with Crippen LogP contribution in [0.4, 0.5) is 5.82 Å². The van der Waals surface area contributed by atoms with E-state index >= 15 is 0 Å². The van der Waals surface area contributed by atoms with Gasteiger partial charge in [-0.15, -0.1) is 0 Å². The first-order valence-corrected chi connectivity index (χ1v) is 6.58. The van der Waals surface area contributed by atoms with Gasteiger partial charge < -0.3 is 10.4 Å². The summed E-state index contributed by atoms with van der Waals surface area (Å²) in [5.41, 5.74) is 0.118. The first-order chi connectivity index (χ1) is 9.08. The summed E-state index contributed by atoms with van der Waals surface area (Å²) in [6, 6.07) is 2.77. The Kier molecular flexibility index (Phi) is 5.99. The standard InChI is InChI=1S/C14H20N2O3/c1-3-5-10(6-4-2)13(17)16-12-9-11(14(18)19)7-8-15-12/h7-10H,3-6H2,1-2H3,(H,18,19)(H,15,16,17). The Morgan fingerprint density at radius 1 is 1.32 bits per heavy atom. The normalized spacial score (nSPS) is 10.5. The highest BCUT2D eigenvalue weighted by atomic mass is 16.4. The summed E-state index contributed by atoms with van der Waals surface area (Å²) in [4.78, 5) is 26.9. The van der Waals surface area contributed by atoms with Gasteiger partial charge >= 0.3 is 5.97 Å². The second-order valence-corrected chi connectivity index (χ2v) is 4.50. The zero-order chi connectivity index (χ0) is 14.3. The number of carboxylic acids is 1. The molecule has 5 nitrogen and oxygen atoms in total.